The molecular formula is C14H25N3S. The Labute approximate surface area is 115 Å². The van der Waals surface area contributed by atoms with Gasteiger partial charge in [-0.1, -0.05) is 19.3 Å². The summed E-state index contributed by atoms with van der Waals surface area (Å²) in [6, 6.07) is 0.709. The fourth-order valence-corrected chi connectivity index (χ4v) is 4.80. The molecule has 0 aromatic heterocycles. The average molecular weight is 267 g/mol. The van der Waals surface area contributed by atoms with Crippen LogP contribution in [-0.4, -0.2) is 47.5 Å². The van der Waals surface area contributed by atoms with Gasteiger partial charge in [-0.2, -0.15) is 11.8 Å². The van der Waals surface area contributed by atoms with Gasteiger partial charge >= 0.3 is 0 Å². The predicted octanol–water partition coefficient (Wildman–Crippen LogP) is 2.48. The molecule has 1 spiro atoms. The van der Waals surface area contributed by atoms with Crippen LogP contribution in [0.5, 0.6) is 0 Å². The minimum atomic E-state index is 0.539. The SMILES string of the molecule is CN=C(NC1CC1)N1CCSC2(CCCCC2)C1. The van der Waals surface area contributed by atoms with Crippen molar-refractivity contribution in [3.05, 3.63) is 0 Å². The summed E-state index contributed by atoms with van der Waals surface area (Å²) >= 11 is 2.23. The molecule has 3 rings (SSSR count). The van der Waals surface area contributed by atoms with Gasteiger partial charge < -0.3 is 10.2 Å². The van der Waals surface area contributed by atoms with E-state index in [9.17, 15) is 0 Å². The van der Waals surface area contributed by atoms with Gasteiger partial charge in [0, 0.05) is 36.7 Å². The molecule has 0 amide bonds. The molecule has 1 saturated heterocycles. The Bertz CT molecular complexity index is 313. The average Bonchev–Trinajstić information content (AvgIpc) is 3.21. The lowest BCUT2D eigenvalue weighted by molar-refractivity contribution is 0.293. The molecular weight excluding hydrogens is 242 g/mol. The van der Waals surface area contributed by atoms with Crippen LogP contribution in [0, 0.1) is 0 Å². The summed E-state index contributed by atoms with van der Waals surface area (Å²) in [4.78, 5) is 7.01. The highest BCUT2D eigenvalue weighted by Crippen LogP contribution is 2.42. The Kier molecular flexibility index (Phi) is 3.73. The van der Waals surface area contributed by atoms with Crippen LogP contribution in [0.2, 0.25) is 0 Å². The number of rotatable bonds is 1. The summed E-state index contributed by atoms with van der Waals surface area (Å²) in [7, 11) is 1.93. The highest BCUT2D eigenvalue weighted by Gasteiger charge is 2.38. The van der Waals surface area contributed by atoms with E-state index in [0.717, 1.165) is 5.96 Å². The third-order valence-corrected chi connectivity index (χ3v) is 5.97. The predicted molar refractivity (Wildman–Crippen MR) is 79.4 cm³/mol. The fourth-order valence-electron chi connectivity index (χ4n) is 3.23. The molecule has 0 aromatic carbocycles. The zero-order chi connectivity index (χ0) is 12.4. The van der Waals surface area contributed by atoms with Crippen molar-refractivity contribution in [3.8, 4) is 0 Å². The maximum absolute atomic E-state index is 4.49. The van der Waals surface area contributed by atoms with Crippen LogP contribution in [-0.2, 0) is 0 Å². The number of nitrogens with zero attached hydrogens (tertiary/aromatic N) is 2. The van der Waals surface area contributed by atoms with Crippen molar-refractivity contribution in [2.45, 2.75) is 55.7 Å². The maximum Gasteiger partial charge on any atom is 0.193 e. The molecule has 0 atom stereocenters. The molecule has 0 radical (unpaired) electrons. The van der Waals surface area contributed by atoms with Crippen molar-refractivity contribution in [2.75, 3.05) is 25.9 Å². The first-order chi connectivity index (χ1) is 8.81. The molecule has 3 fully saturated rings. The highest BCUT2D eigenvalue weighted by molar-refractivity contribution is 8.00. The van der Waals surface area contributed by atoms with E-state index in [-0.39, 0.29) is 0 Å². The Balaban J connectivity index is 1.64. The fraction of sp³-hybridized carbons (Fsp3) is 0.929. The number of nitrogens with one attached hydrogen (secondary N) is 1. The van der Waals surface area contributed by atoms with Crippen LogP contribution in [0.4, 0.5) is 0 Å². The molecule has 0 bridgehead atoms. The second-order valence-electron chi connectivity index (χ2n) is 5.98. The lowest BCUT2D eigenvalue weighted by Gasteiger charge is -2.45. The smallest absolute Gasteiger partial charge is 0.193 e. The van der Waals surface area contributed by atoms with Crippen LogP contribution >= 0.6 is 11.8 Å². The lowest BCUT2D eigenvalue weighted by atomic mass is 9.87. The van der Waals surface area contributed by atoms with Crippen LogP contribution in [0.3, 0.4) is 0 Å². The van der Waals surface area contributed by atoms with E-state index in [0.29, 0.717) is 10.8 Å². The van der Waals surface area contributed by atoms with E-state index in [1.807, 2.05) is 7.05 Å². The van der Waals surface area contributed by atoms with Crippen LogP contribution in [0.25, 0.3) is 0 Å². The zero-order valence-corrected chi connectivity index (χ0v) is 12.3. The standard InChI is InChI=1S/C14H25N3S/c1-15-13(16-12-5-6-12)17-9-10-18-14(11-17)7-3-2-4-8-14/h12H,2-11H2,1H3,(H,15,16). The highest BCUT2D eigenvalue weighted by atomic mass is 32.2. The van der Waals surface area contributed by atoms with Crippen LogP contribution in [0.15, 0.2) is 4.99 Å². The second-order valence-corrected chi connectivity index (χ2v) is 7.54. The van der Waals surface area contributed by atoms with Crippen molar-refractivity contribution in [1.29, 1.82) is 0 Å². The number of aliphatic imine (C=N–C) groups is 1. The minimum Gasteiger partial charge on any atom is -0.354 e. The number of thioether (sulfide) groups is 1. The molecule has 18 heavy (non-hydrogen) atoms. The molecule has 2 aliphatic carbocycles. The molecule has 2 saturated carbocycles. The van der Waals surface area contributed by atoms with Gasteiger partial charge in [-0.25, -0.2) is 0 Å². The van der Waals surface area contributed by atoms with E-state index < -0.39 is 0 Å². The van der Waals surface area contributed by atoms with Gasteiger partial charge in [0.1, 0.15) is 0 Å². The maximum atomic E-state index is 4.49. The molecule has 1 heterocycles. The monoisotopic (exact) mass is 267 g/mol. The Hall–Kier alpha value is -0.380. The van der Waals surface area contributed by atoms with Gasteiger partial charge in [0.05, 0.1) is 0 Å². The molecule has 1 N–H and O–H groups in total. The largest absolute Gasteiger partial charge is 0.354 e. The number of hydrogen-bond acceptors (Lipinski definition) is 2. The normalized spacial score (nSPS) is 28.5. The van der Waals surface area contributed by atoms with E-state index in [4.69, 9.17) is 0 Å². The van der Waals surface area contributed by atoms with Gasteiger partial charge in [0.15, 0.2) is 5.96 Å². The molecule has 0 aromatic rings. The van der Waals surface area contributed by atoms with Gasteiger partial charge in [0.25, 0.3) is 0 Å². The van der Waals surface area contributed by atoms with Crippen molar-refractivity contribution < 1.29 is 0 Å². The first-order valence-corrected chi connectivity index (χ1v) is 8.42. The van der Waals surface area contributed by atoms with Gasteiger partial charge in [0.2, 0.25) is 0 Å². The minimum absolute atomic E-state index is 0.539. The Morgan fingerprint density at radius 2 is 2.06 bits per heavy atom. The lowest BCUT2D eigenvalue weighted by Crippen LogP contribution is -2.53. The first kappa shape index (κ1) is 12.6. The van der Waals surface area contributed by atoms with Crippen molar-refractivity contribution in [1.82, 2.24) is 10.2 Å². The van der Waals surface area contributed by atoms with E-state index in [1.165, 1.54) is 63.8 Å². The first-order valence-electron chi connectivity index (χ1n) is 7.44. The molecule has 4 heteroatoms. The molecule has 3 aliphatic rings. The summed E-state index contributed by atoms with van der Waals surface area (Å²) in [5, 5.41) is 3.60. The summed E-state index contributed by atoms with van der Waals surface area (Å²) in [5.41, 5.74) is 0. The number of hydrogen-bond donors (Lipinski definition) is 1. The van der Waals surface area contributed by atoms with E-state index >= 15 is 0 Å². The van der Waals surface area contributed by atoms with E-state index in [2.05, 4.69) is 27.0 Å². The molecule has 3 nitrogen and oxygen atoms in total. The summed E-state index contributed by atoms with van der Waals surface area (Å²) in [5.74, 6) is 2.42. The Morgan fingerprint density at radius 1 is 1.28 bits per heavy atom. The van der Waals surface area contributed by atoms with Crippen LogP contribution < -0.4 is 5.32 Å². The Morgan fingerprint density at radius 3 is 2.72 bits per heavy atom. The summed E-state index contributed by atoms with van der Waals surface area (Å²) in [6.07, 6.45) is 9.77. The third-order valence-electron chi connectivity index (χ3n) is 4.44. The summed E-state index contributed by atoms with van der Waals surface area (Å²) in [6.45, 7) is 2.38. The molecule has 0 unspecified atom stereocenters. The van der Waals surface area contributed by atoms with Crippen molar-refractivity contribution in [3.63, 3.8) is 0 Å². The van der Waals surface area contributed by atoms with Crippen molar-refractivity contribution >= 4 is 17.7 Å². The van der Waals surface area contributed by atoms with Crippen molar-refractivity contribution in [2.24, 2.45) is 4.99 Å². The molecule has 1 aliphatic heterocycles. The second kappa shape index (κ2) is 5.32. The number of guanidine groups is 1. The van der Waals surface area contributed by atoms with Gasteiger partial charge in [-0.05, 0) is 25.7 Å². The zero-order valence-electron chi connectivity index (χ0n) is 11.5. The third kappa shape index (κ3) is 2.79. The summed E-state index contributed by atoms with van der Waals surface area (Å²) < 4.78 is 0.539. The van der Waals surface area contributed by atoms with Crippen LogP contribution in [0.1, 0.15) is 44.9 Å². The topological polar surface area (TPSA) is 27.6 Å². The van der Waals surface area contributed by atoms with Gasteiger partial charge in [-0.15, -0.1) is 0 Å². The molecule has 102 valence electrons. The van der Waals surface area contributed by atoms with Gasteiger partial charge in [-0.3, -0.25) is 4.99 Å². The quantitative estimate of drug-likeness (QED) is 0.584. The van der Waals surface area contributed by atoms with E-state index in [1.54, 1.807) is 0 Å².